The van der Waals surface area contributed by atoms with Crippen molar-refractivity contribution in [3.8, 4) is 0 Å². The molecule has 2 aromatic carbocycles. The largest absolute Gasteiger partial charge is 0.416 e. The number of benzene rings is 2. The fourth-order valence-corrected chi connectivity index (χ4v) is 5.24. The van der Waals surface area contributed by atoms with Gasteiger partial charge in [-0.15, -0.1) is 0 Å². The Balaban J connectivity index is 1.91. The molecular weight excluding hydrogens is 449 g/mol. The quantitative estimate of drug-likeness (QED) is 0.420. The first kappa shape index (κ1) is 25.2. The van der Waals surface area contributed by atoms with Crippen LogP contribution in [0.15, 0.2) is 77.9 Å². The third-order valence-corrected chi connectivity index (χ3v) is 7.13. The number of halogens is 3. The van der Waals surface area contributed by atoms with E-state index in [1.165, 1.54) is 12.1 Å². The van der Waals surface area contributed by atoms with E-state index in [-0.39, 0.29) is 17.5 Å². The van der Waals surface area contributed by atoms with Gasteiger partial charge in [0.25, 0.3) is 0 Å². The standard InChI is InChI=1S/C30H31F3O2/c1-27(2,3)21-16-29(17-22(26(21)35)28(4,5)6)23(18-12-14-20(15-13-18)30(31,32)33)24(29)25(34)19-10-8-7-9-11-19/h7-17,23-24H,1-6H3/t23-,24+/m1/s1. The van der Waals surface area contributed by atoms with Gasteiger partial charge in [0.15, 0.2) is 11.6 Å². The van der Waals surface area contributed by atoms with Crippen LogP contribution in [0.4, 0.5) is 13.2 Å². The Morgan fingerprint density at radius 3 is 1.69 bits per heavy atom. The van der Waals surface area contributed by atoms with Crippen molar-refractivity contribution >= 4 is 11.6 Å². The second kappa shape index (κ2) is 8.04. The van der Waals surface area contributed by atoms with Gasteiger partial charge in [0, 0.05) is 34.0 Å². The van der Waals surface area contributed by atoms with E-state index >= 15 is 0 Å². The summed E-state index contributed by atoms with van der Waals surface area (Å²) in [5.74, 6) is -0.969. The Labute approximate surface area is 204 Å². The maximum atomic E-state index is 13.8. The molecule has 1 fully saturated rings. The zero-order valence-electron chi connectivity index (χ0n) is 21.0. The smallest absolute Gasteiger partial charge is 0.294 e. The van der Waals surface area contributed by atoms with E-state index in [4.69, 9.17) is 0 Å². The highest BCUT2D eigenvalue weighted by Crippen LogP contribution is 2.70. The highest BCUT2D eigenvalue weighted by atomic mass is 19.4. The molecule has 2 aromatic rings. The summed E-state index contributed by atoms with van der Waals surface area (Å²) >= 11 is 0. The first-order valence-electron chi connectivity index (χ1n) is 11.8. The van der Waals surface area contributed by atoms with Crippen LogP contribution in [-0.2, 0) is 11.0 Å². The van der Waals surface area contributed by atoms with Gasteiger partial charge in [0.1, 0.15) is 0 Å². The van der Waals surface area contributed by atoms with Gasteiger partial charge in [-0.1, -0.05) is 96.2 Å². The SMILES string of the molecule is CC(C)(C)C1=CC2(C=C(C(C)(C)C)C1=O)[C@H](C(=O)c1ccccc1)[C@H]2c1ccc(C(F)(F)F)cc1. The first-order chi connectivity index (χ1) is 16.1. The van der Waals surface area contributed by atoms with Crippen LogP contribution in [0.1, 0.15) is 68.9 Å². The zero-order valence-corrected chi connectivity index (χ0v) is 21.0. The molecule has 0 radical (unpaired) electrons. The lowest BCUT2D eigenvalue weighted by atomic mass is 9.69. The molecule has 0 aromatic heterocycles. The summed E-state index contributed by atoms with van der Waals surface area (Å²) in [7, 11) is 0. The average molecular weight is 481 g/mol. The summed E-state index contributed by atoms with van der Waals surface area (Å²) in [4.78, 5) is 27.3. The number of Topliss-reactive ketones (excluding diaryl/α,β-unsaturated/α-hetero) is 2. The van der Waals surface area contributed by atoms with Crippen molar-refractivity contribution in [3.63, 3.8) is 0 Å². The van der Waals surface area contributed by atoms with Gasteiger partial charge in [-0.05, 0) is 28.5 Å². The Kier molecular flexibility index (Phi) is 5.78. The minimum atomic E-state index is -4.44. The molecule has 4 rings (SSSR count). The van der Waals surface area contributed by atoms with E-state index in [2.05, 4.69) is 0 Å². The van der Waals surface area contributed by atoms with Gasteiger partial charge in [-0.3, -0.25) is 9.59 Å². The van der Waals surface area contributed by atoms with Crippen LogP contribution in [0.3, 0.4) is 0 Å². The van der Waals surface area contributed by atoms with E-state index in [1.807, 2.05) is 59.8 Å². The monoisotopic (exact) mass is 480 g/mol. The number of hydrogen-bond donors (Lipinski definition) is 0. The van der Waals surface area contributed by atoms with Crippen LogP contribution in [-0.4, -0.2) is 11.6 Å². The Hall–Kier alpha value is -2.95. The van der Waals surface area contributed by atoms with Crippen molar-refractivity contribution in [1.82, 2.24) is 0 Å². The van der Waals surface area contributed by atoms with Gasteiger partial charge in [-0.25, -0.2) is 0 Å². The van der Waals surface area contributed by atoms with E-state index in [1.54, 1.807) is 24.3 Å². The maximum Gasteiger partial charge on any atom is 0.416 e. The van der Waals surface area contributed by atoms with Crippen molar-refractivity contribution in [2.45, 2.75) is 53.6 Å². The molecule has 1 saturated carbocycles. The summed E-state index contributed by atoms with van der Waals surface area (Å²) in [5, 5.41) is 0. The van der Waals surface area contributed by atoms with Crippen molar-refractivity contribution < 1.29 is 22.8 Å². The predicted octanol–water partition coefficient (Wildman–Crippen LogP) is 7.82. The number of ketones is 2. The van der Waals surface area contributed by atoms with Gasteiger partial charge in [0.05, 0.1) is 5.56 Å². The molecule has 0 unspecified atom stereocenters. The van der Waals surface area contributed by atoms with Crippen molar-refractivity contribution in [1.29, 1.82) is 0 Å². The summed E-state index contributed by atoms with van der Waals surface area (Å²) in [6.07, 6.45) is -0.578. The summed E-state index contributed by atoms with van der Waals surface area (Å²) in [5.41, 5.74) is 0.0970. The number of carbonyl (C=O) groups is 2. The molecule has 0 bridgehead atoms. The Morgan fingerprint density at radius 1 is 0.771 bits per heavy atom. The molecule has 184 valence electrons. The van der Waals surface area contributed by atoms with Gasteiger partial charge >= 0.3 is 6.18 Å². The van der Waals surface area contributed by atoms with E-state index in [9.17, 15) is 22.8 Å². The number of carbonyl (C=O) groups excluding carboxylic acids is 2. The summed E-state index contributed by atoms with van der Waals surface area (Å²) in [6, 6.07) is 14.0. The molecule has 2 aliphatic carbocycles. The molecular formula is C30H31F3O2. The lowest BCUT2D eigenvalue weighted by Crippen LogP contribution is -2.31. The normalized spacial score (nSPS) is 22.0. The van der Waals surface area contributed by atoms with Gasteiger partial charge in [0.2, 0.25) is 0 Å². The molecule has 2 aliphatic rings. The van der Waals surface area contributed by atoms with Crippen molar-refractivity contribution in [2.24, 2.45) is 22.2 Å². The number of rotatable bonds is 3. The fraction of sp³-hybridized carbons (Fsp3) is 0.400. The van der Waals surface area contributed by atoms with E-state index < -0.39 is 33.9 Å². The molecule has 5 heteroatoms. The summed E-state index contributed by atoms with van der Waals surface area (Å²) in [6.45, 7) is 11.8. The first-order valence-corrected chi connectivity index (χ1v) is 11.8. The van der Waals surface area contributed by atoms with Crippen LogP contribution in [0.5, 0.6) is 0 Å². The molecule has 0 N–H and O–H groups in total. The summed E-state index contributed by atoms with van der Waals surface area (Å²) < 4.78 is 39.6. The highest BCUT2D eigenvalue weighted by Gasteiger charge is 2.67. The second-order valence-corrected chi connectivity index (χ2v) is 11.8. The molecule has 0 aliphatic heterocycles. The average Bonchev–Trinajstić information content (AvgIpc) is 3.40. The third-order valence-electron chi connectivity index (χ3n) is 7.13. The molecule has 0 saturated heterocycles. The van der Waals surface area contributed by atoms with E-state index in [0.717, 1.165) is 12.1 Å². The minimum Gasteiger partial charge on any atom is -0.294 e. The molecule has 2 atom stereocenters. The zero-order chi connectivity index (χ0) is 26.0. The predicted molar refractivity (Wildman–Crippen MR) is 131 cm³/mol. The van der Waals surface area contributed by atoms with E-state index in [0.29, 0.717) is 22.3 Å². The Morgan fingerprint density at radius 2 is 1.26 bits per heavy atom. The van der Waals surface area contributed by atoms with Crippen molar-refractivity contribution in [2.75, 3.05) is 0 Å². The van der Waals surface area contributed by atoms with Crippen LogP contribution < -0.4 is 0 Å². The van der Waals surface area contributed by atoms with Crippen LogP contribution in [0, 0.1) is 22.2 Å². The molecule has 1 spiro atoms. The fourth-order valence-electron chi connectivity index (χ4n) is 5.24. The molecule has 0 amide bonds. The van der Waals surface area contributed by atoms with Crippen LogP contribution in [0.25, 0.3) is 0 Å². The molecule has 0 heterocycles. The minimum absolute atomic E-state index is 0.0281. The Bertz CT molecular complexity index is 1180. The van der Waals surface area contributed by atoms with Crippen LogP contribution in [0.2, 0.25) is 0 Å². The maximum absolute atomic E-state index is 13.8. The molecule has 2 nitrogen and oxygen atoms in total. The number of alkyl halides is 3. The lowest BCUT2D eigenvalue weighted by Gasteiger charge is -2.34. The topological polar surface area (TPSA) is 34.1 Å². The van der Waals surface area contributed by atoms with Gasteiger partial charge in [-0.2, -0.15) is 13.2 Å². The number of allylic oxidation sites excluding steroid dienone is 4. The molecule has 35 heavy (non-hydrogen) atoms. The highest BCUT2D eigenvalue weighted by molar-refractivity contribution is 6.12. The van der Waals surface area contributed by atoms with Crippen molar-refractivity contribution in [3.05, 3.63) is 94.6 Å². The third kappa shape index (κ3) is 4.41. The number of hydrogen-bond acceptors (Lipinski definition) is 2. The lowest BCUT2D eigenvalue weighted by molar-refractivity contribution is -0.137. The van der Waals surface area contributed by atoms with Gasteiger partial charge < -0.3 is 0 Å². The second-order valence-electron chi connectivity index (χ2n) is 11.8. The van der Waals surface area contributed by atoms with Crippen LogP contribution >= 0.6 is 0 Å².